The van der Waals surface area contributed by atoms with Crippen molar-refractivity contribution in [3.05, 3.63) is 42.5 Å². The predicted octanol–water partition coefficient (Wildman–Crippen LogP) is 3.82. The zero-order chi connectivity index (χ0) is 21.3. The van der Waals surface area contributed by atoms with Crippen molar-refractivity contribution in [1.82, 2.24) is 9.29 Å². The summed E-state index contributed by atoms with van der Waals surface area (Å²) in [6, 6.07) is 11.0. The van der Waals surface area contributed by atoms with E-state index in [0.717, 1.165) is 14.6 Å². The number of rotatable bonds is 6. The molecule has 2 aromatic carbocycles. The van der Waals surface area contributed by atoms with Gasteiger partial charge in [-0.15, -0.1) is 11.3 Å². The topological polar surface area (TPSA) is 88.6 Å². The molecule has 30 heavy (non-hydrogen) atoms. The molecule has 1 atom stereocenters. The molecule has 3 aromatic rings. The molecule has 0 saturated carbocycles. The van der Waals surface area contributed by atoms with Gasteiger partial charge in [-0.25, -0.2) is 13.4 Å². The maximum Gasteiger partial charge on any atom is 0.243 e. The van der Waals surface area contributed by atoms with Gasteiger partial charge >= 0.3 is 0 Å². The molecule has 0 spiro atoms. The van der Waals surface area contributed by atoms with Crippen molar-refractivity contribution in [2.75, 3.05) is 25.2 Å². The molecule has 7 nitrogen and oxygen atoms in total. The second kappa shape index (κ2) is 8.54. The van der Waals surface area contributed by atoms with Gasteiger partial charge in [0.1, 0.15) is 11.8 Å². The summed E-state index contributed by atoms with van der Waals surface area (Å²) in [5.74, 6) is 0.256. The molecule has 1 unspecified atom stereocenters. The van der Waals surface area contributed by atoms with Crippen LogP contribution < -0.4 is 10.1 Å². The molecule has 10 heteroatoms. The molecule has 1 aliphatic heterocycles. The van der Waals surface area contributed by atoms with E-state index in [2.05, 4.69) is 10.3 Å². The number of thioether (sulfide) groups is 1. The van der Waals surface area contributed by atoms with Crippen LogP contribution in [-0.2, 0) is 14.8 Å². The first-order valence-corrected chi connectivity index (χ1v) is 12.8. The lowest BCUT2D eigenvalue weighted by Crippen LogP contribution is -2.43. The number of nitrogens with zero attached hydrogens (tertiary/aromatic N) is 2. The first kappa shape index (κ1) is 21.1. The summed E-state index contributed by atoms with van der Waals surface area (Å²) in [4.78, 5) is 17.6. The Balaban J connectivity index is 1.54. The molecule has 1 fully saturated rings. The van der Waals surface area contributed by atoms with Crippen molar-refractivity contribution in [1.29, 1.82) is 0 Å². The van der Waals surface area contributed by atoms with Gasteiger partial charge in [-0.2, -0.15) is 4.31 Å². The zero-order valence-electron chi connectivity index (χ0n) is 16.5. The molecular formula is C20H21N3O4S3. The number of carbonyl (C=O) groups excluding carboxylic acids is 1. The number of nitrogens with one attached hydrogen (secondary N) is 1. The van der Waals surface area contributed by atoms with Crippen molar-refractivity contribution in [3.63, 3.8) is 0 Å². The Morgan fingerprint density at radius 1 is 1.27 bits per heavy atom. The first-order valence-electron chi connectivity index (χ1n) is 9.34. The fourth-order valence-electron chi connectivity index (χ4n) is 3.47. The number of anilines is 1. The molecule has 1 N–H and O–H groups in total. The number of hydrogen-bond acceptors (Lipinski definition) is 7. The van der Waals surface area contributed by atoms with Crippen LogP contribution in [0.3, 0.4) is 0 Å². The van der Waals surface area contributed by atoms with Gasteiger partial charge in [0.15, 0.2) is 4.34 Å². The number of fused-ring (bicyclic) bond motifs is 1. The van der Waals surface area contributed by atoms with Crippen LogP contribution in [-0.4, -0.2) is 49.6 Å². The normalized spacial score (nSPS) is 17.3. The largest absolute Gasteiger partial charge is 0.497 e. The lowest BCUT2D eigenvalue weighted by atomic mass is 10.2. The fourth-order valence-corrected chi connectivity index (χ4v) is 6.65. The minimum Gasteiger partial charge on any atom is -0.497 e. The first-order chi connectivity index (χ1) is 14.4. The van der Waals surface area contributed by atoms with Gasteiger partial charge in [-0.1, -0.05) is 11.8 Å². The van der Waals surface area contributed by atoms with Crippen LogP contribution in [0.5, 0.6) is 5.75 Å². The number of thiazole rings is 1. The number of aromatic nitrogens is 1. The Bertz CT molecular complexity index is 1180. The van der Waals surface area contributed by atoms with Crippen LogP contribution in [0.4, 0.5) is 5.69 Å². The van der Waals surface area contributed by atoms with E-state index in [1.165, 1.54) is 23.5 Å². The summed E-state index contributed by atoms with van der Waals surface area (Å²) in [7, 11) is -2.25. The number of carbonyl (C=O) groups is 1. The number of hydrogen-bond donors (Lipinski definition) is 1. The van der Waals surface area contributed by atoms with Crippen molar-refractivity contribution in [3.8, 4) is 5.75 Å². The van der Waals surface area contributed by atoms with Crippen LogP contribution in [0.25, 0.3) is 10.2 Å². The standard InChI is InChI=1S/C20H21N3O4S3/c1-27-14-6-8-15(9-7-14)30(25,26)23-11-3-4-17(23)19(24)21-13-5-10-16-18(12-13)29-20(22-16)28-2/h5-10,12,17H,3-4,11H2,1-2H3,(H,21,24). The Hall–Kier alpha value is -2.14. The quantitative estimate of drug-likeness (QED) is 0.559. The van der Waals surface area contributed by atoms with Gasteiger partial charge in [0.05, 0.1) is 22.2 Å². The van der Waals surface area contributed by atoms with E-state index in [-0.39, 0.29) is 10.8 Å². The van der Waals surface area contributed by atoms with Gasteiger partial charge in [0.25, 0.3) is 0 Å². The maximum atomic E-state index is 13.1. The lowest BCUT2D eigenvalue weighted by Gasteiger charge is -2.23. The third kappa shape index (κ3) is 4.04. The lowest BCUT2D eigenvalue weighted by molar-refractivity contribution is -0.119. The van der Waals surface area contributed by atoms with Gasteiger partial charge in [0.2, 0.25) is 15.9 Å². The molecular weight excluding hydrogens is 442 g/mol. The van der Waals surface area contributed by atoms with Crippen molar-refractivity contribution in [2.45, 2.75) is 28.1 Å². The summed E-state index contributed by atoms with van der Waals surface area (Å²) in [6.45, 7) is 0.317. The van der Waals surface area contributed by atoms with Crippen molar-refractivity contribution in [2.24, 2.45) is 0 Å². The third-order valence-corrected chi connectivity index (χ3v) is 8.91. The number of benzene rings is 2. The van der Waals surface area contributed by atoms with Crippen LogP contribution in [0.2, 0.25) is 0 Å². The monoisotopic (exact) mass is 463 g/mol. The van der Waals surface area contributed by atoms with Gasteiger partial charge < -0.3 is 10.1 Å². The minimum absolute atomic E-state index is 0.152. The van der Waals surface area contributed by atoms with E-state index in [4.69, 9.17) is 4.74 Å². The van der Waals surface area contributed by atoms with Crippen LogP contribution in [0.1, 0.15) is 12.8 Å². The van der Waals surface area contributed by atoms with E-state index < -0.39 is 16.1 Å². The summed E-state index contributed by atoms with van der Waals surface area (Å²) in [5.41, 5.74) is 1.52. The second-order valence-corrected chi connectivity index (χ2v) is 10.8. The average Bonchev–Trinajstić information content (AvgIpc) is 3.40. The van der Waals surface area contributed by atoms with E-state index in [1.807, 2.05) is 18.4 Å². The highest BCUT2D eigenvalue weighted by molar-refractivity contribution is 8.00. The highest BCUT2D eigenvalue weighted by atomic mass is 32.2. The Labute approximate surface area is 183 Å². The molecule has 0 bridgehead atoms. The molecule has 1 aromatic heterocycles. The molecule has 2 heterocycles. The minimum atomic E-state index is -3.78. The number of sulfonamides is 1. The van der Waals surface area contributed by atoms with Gasteiger partial charge in [-0.3, -0.25) is 4.79 Å². The van der Waals surface area contributed by atoms with Crippen molar-refractivity contribution < 1.29 is 17.9 Å². The second-order valence-electron chi connectivity index (χ2n) is 6.80. The zero-order valence-corrected chi connectivity index (χ0v) is 18.9. The summed E-state index contributed by atoms with van der Waals surface area (Å²) in [5, 5.41) is 2.88. The molecule has 4 rings (SSSR count). The average molecular weight is 464 g/mol. The third-order valence-electron chi connectivity index (χ3n) is 4.98. The van der Waals surface area contributed by atoms with E-state index in [9.17, 15) is 13.2 Å². The van der Waals surface area contributed by atoms with Crippen LogP contribution in [0, 0.1) is 0 Å². The molecule has 1 saturated heterocycles. The predicted molar refractivity (Wildman–Crippen MR) is 120 cm³/mol. The Kier molecular flexibility index (Phi) is 6.01. The molecule has 1 amide bonds. The van der Waals surface area contributed by atoms with Gasteiger partial charge in [0, 0.05) is 12.2 Å². The molecule has 0 radical (unpaired) electrons. The van der Waals surface area contributed by atoms with Crippen LogP contribution in [0.15, 0.2) is 51.7 Å². The number of ether oxygens (including phenoxy) is 1. The smallest absolute Gasteiger partial charge is 0.243 e. The van der Waals surface area contributed by atoms with E-state index in [0.29, 0.717) is 30.8 Å². The van der Waals surface area contributed by atoms with Crippen molar-refractivity contribution >= 4 is 54.9 Å². The summed E-state index contributed by atoms with van der Waals surface area (Å²) in [6.07, 6.45) is 3.09. The number of amides is 1. The summed E-state index contributed by atoms with van der Waals surface area (Å²) >= 11 is 3.14. The maximum absolute atomic E-state index is 13.1. The number of methoxy groups -OCH3 is 1. The highest BCUT2D eigenvalue weighted by Gasteiger charge is 2.39. The molecule has 1 aliphatic rings. The Morgan fingerprint density at radius 2 is 2.03 bits per heavy atom. The SMILES string of the molecule is COc1ccc(S(=O)(=O)N2CCCC2C(=O)Nc2ccc3nc(SC)sc3c2)cc1. The van der Waals surface area contributed by atoms with E-state index >= 15 is 0 Å². The summed E-state index contributed by atoms with van der Waals surface area (Å²) < 4.78 is 34.5. The van der Waals surface area contributed by atoms with Crippen LogP contribution >= 0.6 is 23.1 Å². The Morgan fingerprint density at radius 3 is 2.73 bits per heavy atom. The fraction of sp³-hybridized carbons (Fsp3) is 0.300. The molecule has 0 aliphatic carbocycles. The van der Waals surface area contributed by atoms with E-state index in [1.54, 1.807) is 41.3 Å². The highest BCUT2D eigenvalue weighted by Crippen LogP contribution is 2.31. The van der Waals surface area contributed by atoms with Gasteiger partial charge in [-0.05, 0) is 61.6 Å². The molecule has 158 valence electrons.